The number of likely N-dealkylation sites (N-methyl/N-ethyl adjacent to an activating group) is 1. The molecular formula is C17H23Cl4N3OS. The lowest BCUT2D eigenvalue weighted by molar-refractivity contribution is -0.130. The number of rotatable bonds is 6. The summed E-state index contributed by atoms with van der Waals surface area (Å²) in [6, 6.07) is 5.30. The van der Waals surface area contributed by atoms with Crippen molar-refractivity contribution < 1.29 is 4.79 Å². The van der Waals surface area contributed by atoms with Crippen LogP contribution in [0, 0.1) is 5.41 Å². The monoisotopic (exact) mass is 457 g/mol. The number of benzene rings is 1. The zero-order chi connectivity index (χ0) is 17.9. The summed E-state index contributed by atoms with van der Waals surface area (Å²) < 4.78 is 0. The molecule has 0 saturated carbocycles. The molecule has 0 aliphatic carbocycles. The van der Waals surface area contributed by atoms with Gasteiger partial charge in [0, 0.05) is 29.6 Å². The second-order valence-electron chi connectivity index (χ2n) is 6.56. The number of halogens is 4. The van der Waals surface area contributed by atoms with Gasteiger partial charge in [0.2, 0.25) is 5.91 Å². The summed E-state index contributed by atoms with van der Waals surface area (Å²) in [7, 11) is 1.79. The van der Waals surface area contributed by atoms with Gasteiger partial charge < -0.3 is 10.6 Å². The van der Waals surface area contributed by atoms with E-state index in [0.29, 0.717) is 23.1 Å². The Morgan fingerprint density at radius 1 is 1.31 bits per heavy atom. The molecule has 0 saturated heterocycles. The molecule has 1 aromatic carbocycles. The van der Waals surface area contributed by atoms with Gasteiger partial charge in [-0.25, -0.2) is 4.98 Å². The standard InChI is InChI=1S/C17H21Cl2N3OS.2ClH/c1-17(2,9-20)10-22(3)15(23)7-12-8-24-16(21-12)13-5-4-11(18)6-14(13)19;;/h4-6,8H,7,9-10,20H2,1-3H3;2*1H. The lowest BCUT2D eigenvalue weighted by atomic mass is 9.93. The zero-order valence-electron chi connectivity index (χ0n) is 14.8. The van der Waals surface area contributed by atoms with E-state index >= 15 is 0 Å². The highest BCUT2D eigenvalue weighted by Crippen LogP contribution is 2.32. The maximum Gasteiger partial charge on any atom is 0.228 e. The van der Waals surface area contributed by atoms with Crippen molar-refractivity contribution in [3.8, 4) is 10.6 Å². The highest BCUT2D eigenvalue weighted by Gasteiger charge is 2.22. The van der Waals surface area contributed by atoms with Crippen molar-refractivity contribution in [1.29, 1.82) is 0 Å². The van der Waals surface area contributed by atoms with Crippen LogP contribution in [0.1, 0.15) is 19.5 Å². The number of nitrogens with two attached hydrogens (primary N) is 1. The van der Waals surface area contributed by atoms with Crippen molar-refractivity contribution in [3.63, 3.8) is 0 Å². The summed E-state index contributed by atoms with van der Waals surface area (Å²) in [4.78, 5) is 18.6. The Morgan fingerprint density at radius 3 is 2.54 bits per heavy atom. The molecule has 1 heterocycles. The molecule has 0 aliphatic rings. The van der Waals surface area contributed by atoms with Crippen LogP contribution in [0.2, 0.25) is 10.0 Å². The number of hydrogen-bond donors (Lipinski definition) is 1. The summed E-state index contributed by atoms with van der Waals surface area (Å²) in [5, 5.41) is 3.81. The topological polar surface area (TPSA) is 59.2 Å². The Morgan fingerprint density at radius 2 is 1.96 bits per heavy atom. The summed E-state index contributed by atoms with van der Waals surface area (Å²) in [5.74, 6) is 0.0237. The summed E-state index contributed by atoms with van der Waals surface area (Å²) in [5.41, 5.74) is 7.19. The van der Waals surface area contributed by atoms with Gasteiger partial charge in [-0.1, -0.05) is 37.0 Å². The molecule has 1 amide bonds. The average molecular weight is 459 g/mol. The molecule has 26 heavy (non-hydrogen) atoms. The fourth-order valence-electron chi connectivity index (χ4n) is 2.26. The normalized spacial score (nSPS) is 10.7. The first-order chi connectivity index (χ1) is 11.2. The lowest BCUT2D eigenvalue weighted by Crippen LogP contribution is -2.40. The third-order valence-electron chi connectivity index (χ3n) is 3.69. The Balaban J connectivity index is 0.00000312. The highest BCUT2D eigenvalue weighted by molar-refractivity contribution is 7.13. The average Bonchev–Trinajstić information content (AvgIpc) is 2.95. The highest BCUT2D eigenvalue weighted by atomic mass is 35.5. The minimum absolute atomic E-state index is 0. The smallest absolute Gasteiger partial charge is 0.228 e. The summed E-state index contributed by atoms with van der Waals surface area (Å²) >= 11 is 13.6. The zero-order valence-corrected chi connectivity index (χ0v) is 18.8. The first-order valence-corrected chi connectivity index (χ1v) is 9.19. The van der Waals surface area contributed by atoms with E-state index in [2.05, 4.69) is 4.98 Å². The molecule has 2 rings (SSSR count). The quantitative estimate of drug-likeness (QED) is 0.666. The molecule has 0 fully saturated rings. The Kier molecular flexibility index (Phi) is 10.5. The number of thiazole rings is 1. The van der Waals surface area contributed by atoms with Crippen LogP contribution in [0.15, 0.2) is 23.6 Å². The van der Waals surface area contributed by atoms with Crippen LogP contribution in [0.25, 0.3) is 10.6 Å². The van der Waals surface area contributed by atoms with Crippen LogP contribution in [-0.4, -0.2) is 35.9 Å². The van der Waals surface area contributed by atoms with Crippen LogP contribution < -0.4 is 5.73 Å². The molecule has 0 atom stereocenters. The number of carbonyl (C=O) groups excluding carboxylic acids is 1. The SMILES string of the molecule is CN(CC(C)(C)CN)C(=O)Cc1csc(-c2ccc(Cl)cc2Cl)n1.Cl.Cl. The predicted molar refractivity (Wildman–Crippen MR) is 116 cm³/mol. The number of aromatic nitrogens is 1. The third-order valence-corrected chi connectivity index (χ3v) is 5.16. The molecule has 0 aliphatic heterocycles. The van der Waals surface area contributed by atoms with E-state index in [4.69, 9.17) is 28.9 Å². The molecule has 9 heteroatoms. The van der Waals surface area contributed by atoms with Crippen molar-refractivity contribution in [2.45, 2.75) is 20.3 Å². The van der Waals surface area contributed by atoms with Crippen molar-refractivity contribution in [3.05, 3.63) is 39.3 Å². The van der Waals surface area contributed by atoms with E-state index in [1.165, 1.54) is 11.3 Å². The molecule has 0 unspecified atom stereocenters. The van der Waals surface area contributed by atoms with Crippen LogP contribution in [0.5, 0.6) is 0 Å². The second-order valence-corrected chi connectivity index (χ2v) is 8.26. The van der Waals surface area contributed by atoms with Gasteiger partial charge in [0.15, 0.2) is 0 Å². The van der Waals surface area contributed by atoms with E-state index in [0.717, 1.165) is 16.3 Å². The van der Waals surface area contributed by atoms with E-state index < -0.39 is 0 Å². The number of nitrogens with zero attached hydrogens (tertiary/aromatic N) is 2. The van der Waals surface area contributed by atoms with Crippen molar-refractivity contribution >= 4 is 65.3 Å². The largest absolute Gasteiger partial charge is 0.345 e. The summed E-state index contributed by atoms with van der Waals surface area (Å²) in [6.07, 6.45) is 0.263. The lowest BCUT2D eigenvalue weighted by Gasteiger charge is -2.28. The van der Waals surface area contributed by atoms with Gasteiger partial charge in [-0.2, -0.15) is 0 Å². The van der Waals surface area contributed by atoms with Crippen LogP contribution >= 0.6 is 59.4 Å². The van der Waals surface area contributed by atoms with Gasteiger partial charge in [0.05, 0.1) is 17.1 Å². The molecule has 2 N–H and O–H groups in total. The van der Waals surface area contributed by atoms with Crippen LogP contribution in [-0.2, 0) is 11.2 Å². The molecule has 1 aromatic heterocycles. The maximum atomic E-state index is 12.4. The van der Waals surface area contributed by atoms with E-state index in [1.807, 2.05) is 25.3 Å². The molecule has 0 spiro atoms. The number of hydrogen-bond acceptors (Lipinski definition) is 4. The minimum Gasteiger partial charge on any atom is -0.345 e. The minimum atomic E-state index is -0.103. The second kappa shape index (κ2) is 10.7. The number of amides is 1. The van der Waals surface area contributed by atoms with Crippen LogP contribution in [0.4, 0.5) is 0 Å². The first kappa shape index (κ1) is 25.4. The molecule has 2 aromatic rings. The maximum absolute atomic E-state index is 12.4. The van der Waals surface area contributed by atoms with Gasteiger partial charge in [0.1, 0.15) is 5.01 Å². The third kappa shape index (κ3) is 6.87. The van der Waals surface area contributed by atoms with E-state index in [1.54, 1.807) is 24.1 Å². The van der Waals surface area contributed by atoms with Crippen molar-refractivity contribution in [2.75, 3.05) is 20.1 Å². The van der Waals surface area contributed by atoms with Crippen molar-refractivity contribution in [1.82, 2.24) is 9.88 Å². The van der Waals surface area contributed by atoms with Gasteiger partial charge in [-0.15, -0.1) is 36.2 Å². The molecular weight excluding hydrogens is 436 g/mol. The Labute approximate surface area is 180 Å². The van der Waals surface area contributed by atoms with Gasteiger partial charge in [0.25, 0.3) is 0 Å². The Bertz CT molecular complexity index is 737. The molecule has 4 nitrogen and oxygen atoms in total. The van der Waals surface area contributed by atoms with E-state index in [9.17, 15) is 4.79 Å². The molecule has 0 bridgehead atoms. The molecule has 146 valence electrons. The fraction of sp³-hybridized carbons (Fsp3) is 0.412. The fourth-order valence-corrected chi connectivity index (χ4v) is 3.67. The van der Waals surface area contributed by atoms with Crippen molar-refractivity contribution in [2.24, 2.45) is 11.1 Å². The molecule has 0 radical (unpaired) electrons. The predicted octanol–water partition coefficient (Wildman–Crippen LogP) is 4.95. The number of carbonyl (C=O) groups is 1. The van der Waals surface area contributed by atoms with Gasteiger partial charge >= 0.3 is 0 Å². The van der Waals surface area contributed by atoms with Crippen LogP contribution in [0.3, 0.4) is 0 Å². The Hall–Kier alpha value is -0.560. The first-order valence-electron chi connectivity index (χ1n) is 7.56. The van der Waals surface area contributed by atoms with Gasteiger partial charge in [-0.05, 0) is 30.2 Å². The van der Waals surface area contributed by atoms with E-state index in [-0.39, 0.29) is 42.6 Å². The summed E-state index contributed by atoms with van der Waals surface area (Å²) in [6.45, 7) is 5.23. The van der Waals surface area contributed by atoms with Gasteiger partial charge in [-0.3, -0.25) is 4.79 Å².